The highest BCUT2D eigenvalue weighted by molar-refractivity contribution is 9.70. The molecule has 0 aliphatic heterocycles. The largest absolute Gasteiger partial charge is 0.457 e. The second-order valence-corrected chi connectivity index (χ2v) is 11.3. The first-order chi connectivity index (χ1) is 8.18. The van der Waals surface area contributed by atoms with E-state index in [9.17, 15) is 4.39 Å². The normalized spacial score (nSPS) is 10.6. The molecular weight excluding hydrogens is 370 g/mol. The van der Waals surface area contributed by atoms with Crippen molar-refractivity contribution in [1.29, 1.82) is 0 Å². The van der Waals surface area contributed by atoms with Gasteiger partial charge in [0.1, 0.15) is 17.3 Å². The third-order valence-corrected chi connectivity index (χ3v) is 4.99. The summed E-state index contributed by atoms with van der Waals surface area (Å²) in [5.41, 5.74) is 0. The quantitative estimate of drug-likeness (QED) is 0.655. The summed E-state index contributed by atoms with van der Waals surface area (Å²) in [7, 11) is 0. The molecule has 0 heterocycles. The molecule has 17 heavy (non-hydrogen) atoms. The van der Waals surface area contributed by atoms with E-state index < -0.39 is 5.33 Å². The molecule has 0 saturated carbocycles. The van der Waals surface area contributed by atoms with E-state index in [0.29, 0.717) is 16.8 Å². The van der Waals surface area contributed by atoms with Crippen LogP contribution >= 0.6 is 36.3 Å². The molecule has 0 aliphatic carbocycles. The number of rotatable bonds is 3. The van der Waals surface area contributed by atoms with Crippen molar-refractivity contribution in [3.63, 3.8) is 0 Å². The van der Waals surface area contributed by atoms with Gasteiger partial charge in [-0.25, -0.2) is 4.39 Å². The number of benzene rings is 2. The Morgan fingerprint density at radius 1 is 0.941 bits per heavy atom. The Bertz CT molecular complexity index is 505. The Labute approximate surface area is 116 Å². The Kier molecular flexibility index (Phi) is 4.55. The van der Waals surface area contributed by atoms with Crippen molar-refractivity contribution in [1.82, 2.24) is 0 Å². The fraction of sp³-hybridized carbons (Fsp3) is 0. The molecule has 0 spiro atoms. The summed E-state index contributed by atoms with van der Waals surface area (Å²) < 4.78 is 19.3. The number of ether oxygens (including phenoxy) is 1. The summed E-state index contributed by atoms with van der Waals surface area (Å²) in [6.45, 7) is 0. The molecule has 0 atom stereocenters. The van der Waals surface area contributed by atoms with Gasteiger partial charge in [-0.05, 0) is 55.2 Å². The third-order valence-electron chi connectivity index (χ3n) is 2.09. The highest BCUT2D eigenvalue weighted by Gasteiger charge is 2.16. The van der Waals surface area contributed by atoms with Crippen molar-refractivity contribution in [2.45, 2.75) is 0 Å². The molecule has 2 aromatic rings. The van der Waals surface area contributed by atoms with Crippen molar-refractivity contribution < 1.29 is 9.13 Å². The van der Waals surface area contributed by atoms with E-state index >= 15 is 0 Å². The molecule has 2 aromatic carbocycles. The minimum atomic E-state index is -0.908. The first-order valence-electron chi connectivity index (χ1n) is 4.81. The smallest absolute Gasteiger partial charge is 0.139 e. The lowest BCUT2D eigenvalue weighted by Crippen LogP contribution is -2.05. The zero-order valence-electron chi connectivity index (χ0n) is 8.61. The van der Waals surface area contributed by atoms with Gasteiger partial charge in [-0.1, -0.05) is 24.3 Å². The minimum absolute atomic E-state index is 0.279. The van der Waals surface area contributed by atoms with Gasteiger partial charge in [0.05, 0.1) is 10.6 Å². The maximum Gasteiger partial charge on any atom is 0.139 e. The summed E-state index contributed by atoms with van der Waals surface area (Å²) in [6.07, 6.45) is 0. The fourth-order valence-electron chi connectivity index (χ4n) is 1.36. The van der Waals surface area contributed by atoms with Gasteiger partial charge in [-0.3, -0.25) is 0 Å². The Morgan fingerprint density at radius 2 is 1.65 bits per heavy atom. The third kappa shape index (κ3) is 3.27. The lowest BCUT2D eigenvalue weighted by Gasteiger charge is -2.12. The Morgan fingerprint density at radius 3 is 2.29 bits per heavy atom. The van der Waals surface area contributed by atoms with E-state index in [1.807, 2.05) is 30.3 Å². The molecule has 0 bridgehead atoms. The zero-order valence-corrected chi connectivity index (χ0v) is 12.7. The van der Waals surface area contributed by atoms with Crippen LogP contribution in [-0.4, -0.2) is 0 Å². The van der Waals surface area contributed by atoms with E-state index in [1.165, 1.54) is 6.07 Å². The van der Waals surface area contributed by atoms with Gasteiger partial charge in [0.25, 0.3) is 0 Å². The van der Waals surface area contributed by atoms with Gasteiger partial charge in [0, 0.05) is 0 Å². The van der Waals surface area contributed by atoms with Crippen LogP contribution in [0.3, 0.4) is 0 Å². The summed E-state index contributed by atoms with van der Waals surface area (Å²) in [6, 6.07) is 14.1. The molecule has 0 amide bonds. The molecule has 0 saturated heterocycles. The zero-order chi connectivity index (χ0) is 12.3. The van der Waals surface area contributed by atoms with Gasteiger partial charge < -0.3 is 4.74 Å². The SMILES string of the molecule is Fc1cccc(Oc2ccccc2)c1P(Br)Br. The summed E-state index contributed by atoms with van der Waals surface area (Å²) in [4.78, 5) is 0. The van der Waals surface area contributed by atoms with E-state index in [1.54, 1.807) is 12.1 Å². The van der Waals surface area contributed by atoms with Crippen molar-refractivity contribution in [3.05, 3.63) is 54.3 Å². The van der Waals surface area contributed by atoms with Crippen LogP contribution in [-0.2, 0) is 0 Å². The molecule has 2 rings (SSSR count). The van der Waals surface area contributed by atoms with E-state index in [-0.39, 0.29) is 5.82 Å². The van der Waals surface area contributed by atoms with Crippen molar-refractivity contribution in [2.24, 2.45) is 0 Å². The van der Waals surface area contributed by atoms with Crippen LogP contribution in [0.4, 0.5) is 4.39 Å². The standard InChI is InChI=1S/C12H8Br2FOP/c13-17(14)12-10(15)7-4-8-11(12)16-9-5-2-1-3-6-9/h1-8H. The maximum absolute atomic E-state index is 13.7. The molecule has 0 fully saturated rings. The molecule has 0 aromatic heterocycles. The monoisotopic (exact) mass is 376 g/mol. The molecule has 0 unspecified atom stereocenters. The van der Waals surface area contributed by atoms with Gasteiger partial charge in [0.15, 0.2) is 0 Å². The number of hydrogen-bond donors (Lipinski definition) is 0. The van der Waals surface area contributed by atoms with Gasteiger partial charge >= 0.3 is 0 Å². The molecule has 0 aliphatic rings. The number of para-hydroxylation sites is 1. The van der Waals surface area contributed by atoms with Gasteiger partial charge in [-0.2, -0.15) is 0 Å². The van der Waals surface area contributed by atoms with Gasteiger partial charge in [0.2, 0.25) is 0 Å². The minimum Gasteiger partial charge on any atom is -0.457 e. The fourth-order valence-corrected chi connectivity index (χ4v) is 3.95. The molecule has 1 nitrogen and oxygen atoms in total. The van der Waals surface area contributed by atoms with Crippen LogP contribution in [0.5, 0.6) is 11.5 Å². The summed E-state index contributed by atoms with van der Waals surface area (Å²) in [5, 5.41) is -0.389. The second kappa shape index (κ2) is 5.94. The van der Waals surface area contributed by atoms with Gasteiger partial charge in [-0.15, -0.1) is 0 Å². The van der Waals surface area contributed by atoms with Crippen LogP contribution in [0.2, 0.25) is 0 Å². The highest BCUT2D eigenvalue weighted by atomic mass is 79.9. The molecule has 0 N–H and O–H groups in total. The average molecular weight is 378 g/mol. The van der Waals surface area contributed by atoms with Crippen LogP contribution in [0.15, 0.2) is 48.5 Å². The predicted molar refractivity (Wildman–Crippen MR) is 77.3 cm³/mol. The van der Waals surface area contributed by atoms with Crippen LogP contribution in [0.25, 0.3) is 0 Å². The first kappa shape index (κ1) is 13.0. The van der Waals surface area contributed by atoms with Crippen molar-refractivity contribution in [2.75, 3.05) is 0 Å². The van der Waals surface area contributed by atoms with E-state index in [2.05, 4.69) is 31.0 Å². The van der Waals surface area contributed by atoms with Crippen LogP contribution in [0, 0.1) is 5.82 Å². The first-order valence-corrected chi connectivity index (χ1v) is 10.2. The summed E-state index contributed by atoms with van der Waals surface area (Å²) in [5.74, 6) is 0.936. The lowest BCUT2D eigenvalue weighted by molar-refractivity contribution is 0.482. The average Bonchev–Trinajstić information content (AvgIpc) is 2.30. The van der Waals surface area contributed by atoms with Crippen LogP contribution in [0.1, 0.15) is 0 Å². The van der Waals surface area contributed by atoms with Crippen molar-refractivity contribution in [3.8, 4) is 11.5 Å². The molecule has 5 heteroatoms. The van der Waals surface area contributed by atoms with Crippen LogP contribution < -0.4 is 10.0 Å². The van der Waals surface area contributed by atoms with E-state index in [0.717, 1.165) is 0 Å². The second-order valence-electron chi connectivity index (χ2n) is 3.23. The summed E-state index contributed by atoms with van der Waals surface area (Å²) >= 11 is 6.72. The molecule has 0 radical (unpaired) electrons. The highest BCUT2D eigenvalue weighted by Crippen LogP contribution is 2.53. The number of halogens is 3. The molecule has 88 valence electrons. The lowest BCUT2D eigenvalue weighted by atomic mass is 10.3. The Hall–Kier alpha value is -0.440. The topological polar surface area (TPSA) is 9.23 Å². The van der Waals surface area contributed by atoms with Crippen molar-refractivity contribution >= 4 is 41.6 Å². The number of hydrogen-bond acceptors (Lipinski definition) is 1. The van der Waals surface area contributed by atoms with E-state index in [4.69, 9.17) is 4.74 Å². The molecular formula is C12H8Br2FOP. The Balaban J connectivity index is 2.36. The predicted octanol–water partition coefficient (Wildman–Crippen LogP) is 5.35. The maximum atomic E-state index is 13.7.